The molecule has 0 aromatic heterocycles. The van der Waals surface area contributed by atoms with Gasteiger partial charge in [-0.1, -0.05) is 6.92 Å². The van der Waals surface area contributed by atoms with Gasteiger partial charge in [-0.3, -0.25) is 4.79 Å². The van der Waals surface area contributed by atoms with E-state index in [4.69, 9.17) is 4.74 Å². The van der Waals surface area contributed by atoms with Gasteiger partial charge in [-0.15, -0.1) is 11.8 Å². The number of benzene rings is 1. The lowest BCUT2D eigenvalue weighted by molar-refractivity contribution is 0.0988. The smallest absolute Gasteiger partial charge is 0.176 e. The van der Waals surface area contributed by atoms with E-state index in [1.807, 2.05) is 54.7 Å². The molecule has 4 heteroatoms. The monoisotopic (exact) mass is 296 g/mol. The Hall–Kier alpha value is -0.610. The van der Waals surface area contributed by atoms with Crippen molar-refractivity contribution in [1.82, 2.24) is 0 Å². The maximum Gasteiger partial charge on any atom is 0.176 e. The molecule has 1 heterocycles. The van der Waals surface area contributed by atoms with E-state index in [1.54, 1.807) is 0 Å². The Morgan fingerprint density at radius 3 is 2.53 bits per heavy atom. The van der Waals surface area contributed by atoms with Crippen LogP contribution in [0.25, 0.3) is 0 Å². The molecule has 1 aromatic carbocycles. The molecule has 0 aliphatic carbocycles. The average Bonchev–Trinajstić information content (AvgIpc) is 2.47. The van der Waals surface area contributed by atoms with Crippen molar-refractivity contribution in [3.8, 4) is 5.75 Å². The summed E-state index contributed by atoms with van der Waals surface area (Å²) in [5, 5.41) is 0.569. The van der Waals surface area contributed by atoms with Crippen LogP contribution in [0.5, 0.6) is 5.75 Å². The molecule has 0 amide bonds. The van der Waals surface area contributed by atoms with E-state index in [0.717, 1.165) is 29.2 Å². The lowest BCUT2D eigenvalue weighted by Crippen LogP contribution is -2.32. The second-order valence-corrected chi connectivity index (χ2v) is 7.03. The molecule has 2 nitrogen and oxygen atoms in total. The number of thioether (sulfide) groups is 2. The highest BCUT2D eigenvalue weighted by Gasteiger charge is 2.31. The highest BCUT2D eigenvalue weighted by Crippen LogP contribution is 2.35. The number of Topliss-reactive ketones (excluding diaryl/α,β-unsaturated/α-hetero) is 1. The van der Waals surface area contributed by atoms with Crippen molar-refractivity contribution in [3.05, 3.63) is 29.8 Å². The molecule has 0 spiro atoms. The van der Waals surface area contributed by atoms with Gasteiger partial charge in [-0.25, -0.2) is 0 Å². The van der Waals surface area contributed by atoms with Crippen molar-refractivity contribution in [2.24, 2.45) is 0 Å². The highest BCUT2D eigenvalue weighted by atomic mass is 32.2. The maximum atomic E-state index is 12.6. The third-order valence-corrected chi connectivity index (χ3v) is 6.41. The third-order valence-electron chi connectivity index (χ3n) is 3.16. The Labute approximate surface area is 123 Å². The zero-order valence-corrected chi connectivity index (χ0v) is 13.1. The SMILES string of the molecule is CCOc1ccc(C(=O)C2SCCSC2CC)cc1. The summed E-state index contributed by atoms with van der Waals surface area (Å²) in [7, 11) is 0. The Kier molecular flexibility index (Phi) is 5.64. The standard InChI is InChI=1S/C15H20O2S2/c1-3-13-15(19-10-9-18-13)14(16)11-5-7-12(8-6-11)17-4-2/h5-8,13,15H,3-4,9-10H2,1-2H3. The van der Waals surface area contributed by atoms with Crippen LogP contribution in [0.15, 0.2) is 24.3 Å². The number of carbonyl (C=O) groups is 1. The minimum atomic E-state index is 0.113. The van der Waals surface area contributed by atoms with Crippen LogP contribution in [0.2, 0.25) is 0 Å². The molecule has 1 fully saturated rings. The Bertz CT molecular complexity index is 417. The summed E-state index contributed by atoms with van der Waals surface area (Å²) in [4.78, 5) is 12.6. The first-order valence-corrected chi connectivity index (χ1v) is 8.86. The number of rotatable bonds is 5. The number of hydrogen-bond donors (Lipinski definition) is 0. The summed E-state index contributed by atoms with van der Waals surface area (Å²) < 4.78 is 5.41. The Morgan fingerprint density at radius 2 is 1.89 bits per heavy atom. The van der Waals surface area contributed by atoms with Crippen LogP contribution in [-0.2, 0) is 0 Å². The van der Waals surface area contributed by atoms with Crippen LogP contribution in [-0.4, -0.2) is 34.4 Å². The van der Waals surface area contributed by atoms with Gasteiger partial charge in [0.1, 0.15) is 5.75 Å². The molecular weight excluding hydrogens is 276 g/mol. The third kappa shape index (κ3) is 3.69. The first kappa shape index (κ1) is 14.8. The van der Waals surface area contributed by atoms with E-state index < -0.39 is 0 Å². The van der Waals surface area contributed by atoms with Gasteiger partial charge in [0, 0.05) is 22.3 Å². The second-order valence-electron chi connectivity index (χ2n) is 4.43. The average molecular weight is 296 g/mol. The van der Waals surface area contributed by atoms with E-state index in [2.05, 4.69) is 6.92 Å². The molecule has 1 aromatic rings. The fourth-order valence-electron chi connectivity index (χ4n) is 2.19. The van der Waals surface area contributed by atoms with Crippen LogP contribution in [0.1, 0.15) is 30.6 Å². The van der Waals surface area contributed by atoms with Gasteiger partial charge < -0.3 is 4.74 Å². The van der Waals surface area contributed by atoms with Crippen LogP contribution >= 0.6 is 23.5 Å². The van der Waals surface area contributed by atoms with Crippen molar-refractivity contribution < 1.29 is 9.53 Å². The Morgan fingerprint density at radius 1 is 1.21 bits per heavy atom. The first-order valence-electron chi connectivity index (χ1n) is 6.76. The molecule has 0 radical (unpaired) electrons. The quantitative estimate of drug-likeness (QED) is 0.770. The van der Waals surface area contributed by atoms with Crippen LogP contribution in [0, 0.1) is 0 Å². The summed E-state index contributed by atoms with van der Waals surface area (Å²) in [5.74, 6) is 3.34. The second kappa shape index (κ2) is 7.25. The van der Waals surface area contributed by atoms with Crippen molar-refractivity contribution in [3.63, 3.8) is 0 Å². The van der Waals surface area contributed by atoms with Crippen molar-refractivity contribution in [2.45, 2.75) is 30.8 Å². The van der Waals surface area contributed by atoms with Gasteiger partial charge in [0.15, 0.2) is 5.78 Å². The largest absolute Gasteiger partial charge is 0.494 e. The molecule has 1 aliphatic heterocycles. The molecule has 0 bridgehead atoms. The summed E-state index contributed by atoms with van der Waals surface area (Å²) in [6.07, 6.45) is 1.06. The minimum Gasteiger partial charge on any atom is -0.494 e. The number of ketones is 1. The molecular formula is C15H20O2S2. The van der Waals surface area contributed by atoms with Gasteiger partial charge >= 0.3 is 0 Å². The topological polar surface area (TPSA) is 26.3 Å². The van der Waals surface area contributed by atoms with Crippen LogP contribution in [0.3, 0.4) is 0 Å². The number of hydrogen-bond acceptors (Lipinski definition) is 4. The fourth-order valence-corrected chi connectivity index (χ4v) is 5.22. The number of ether oxygens (including phenoxy) is 1. The minimum absolute atomic E-state index is 0.113. The lowest BCUT2D eigenvalue weighted by Gasteiger charge is -2.28. The molecule has 2 atom stereocenters. The van der Waals surface area contributed by atoms with E-state index >= 15 is 0 Å². The van der Waals surface area contributed by atoms with E-state index in [9.17, 15) is 4.79 Å². The van der Waals surface area contributed by atoms with Crippen molar-refractivity contribution in [1.29, 1.82) is 0 Å². The molecule has 1 aliphatic rings. The molecule has 19 heavy (non-hydrogen) atoms. The molecule has 0 N–H and O–H groups in total. The van der Waals surface area contributed by atoms with E-state index in [1.165, 1.54) is 0 Å². The zero-order chi connectivity index (χ0) is 13.7. The molecule has 104 valence electrons. The van der Waals surface area contributed by atoms with Gasteiger partial charge in [-0.05, 0) is 37.6 Å². The summed E-state index contributed by atoms with van der Waals surface area (Å²) >= 11 is 3.75. The highest BCUT2D eigenvalue weighted by molar-refractivity contribution is 8.07. The summed E-state index contributed by atoms with van der Waals surface area (Å²) in [5.41, 5.74) is 0.807. The zero-order valence-electron chi connectivity index (χ0n) is 11.4. The lowest BCUT2D eigenvalue weighted by atomic mass is 10.0. The maximum absolute atomic E-state index is 12.6. The predicted octanol–water partition coefficient (Wildman–Crippen LogP) is 3.90. The van der Waals surface area contributed by atoms with Crippen molar-refractivity contribution >= 4 is 29.3 Å². The fraction of sp³-hybridized carbons (Fsp3) is 0.533. The molecule has 1 saturated heterocycles. The van der Waals surface area contributed by atoms with Gasteiger partial charge in [0.05, 0.1) is 11.9 Å². The van der Waals surface area contributed by atoms with E-state index in [-0.39, 0.29) is 11.0 Å². The number of carbonyl (C=O) groups excluding carboxylic acids is 1. The Balaban J connectivity index is 2.09. The molecule has 2 unspecified atom stereocenters. The normalized spacial score (nSPS) is 23.1. The predicted molar refractivity (Wildman–Crippen MR) is 84.7 cm³/mol. The van der Waals surface area contributed by atoms with Gasteiger partial charge in [0.25, 0.3) is 0 Å². The molecule has 2 rings (SSSR count). The summed E-state index contributed by atoms with van der Waals surface area (Å²) in [6, 6.07) is 7.55. The van der Waals surface area contributed by atoms with Crippen molar-refractivity contribution in [2.75, 3.05) is 18.1 Å². The van der Waals surface area contributed by atoms with Gasteiger partial charge in [0.2, 0.25) is 0 Å². The van der Waals surface area contributed by atoms with Crippen LogP contribution < -0.4 is 4.74 Å². The summed E-state index contributed by atoms with van der Waals surface area (Å²) in [6.45, 7) is 4.78. The molecule has 0 saturated carbocycles. The van der Waals surface area contributed by atoms with E-state index in [0.29, 0.717) is 11.9 Å². The van der Waals surface area contributed by atoms with Crippen LogP contribution in [0.4, 0.5) is 0 Å². The first-order chi connectivity index (χ1) is 9.26. The van der Waals surface area contributed by atoms with Gasteiger partial charge in [-0.2, -0.15) is 11.8 Å².